The van der Waals surface area contributed by atoms with Crippen molar-refractivity contribution >= 4 is 21.8 Å². The lowest BCUT2D eigenvalue weighted by Gasteiger charge is -2.31. The van der Waals surface area contributed by atoms with Gasteiger partial charge in [-0.25, -0.2) is 0 Å². The van der Waals surface area contributed by atoms with E-state index in [1.807, 2.05) is 60.4 Å². The van der Waals surface area contributed by atoms with Gasteiger partial charge in [-0.3, -0.25) is 4.79 Å². The largest absolute Gasteiger partial charge is 0.489 e. The molecule has 2 aromatic rings. The Morgan fingerprint density at radius 1 is 1.28 bits per heavy atom. The summed E-state index contributed by atoms with van der Waals surface area (Å²) < 4.78 is 12.4. The lowest BCUT2D eigenvalue weighted by atomic mass is 10.1. The maximum absolute atomic E-state index is 12.7. The molecule has 1 fully saturated rings. The fraction of sp³-hybridized carbons (Fsp3) is 0.350. The van der Waals surface area contributed by atoms with E-state index < -0.39 is 0 Å². The molecule has 0 aliphatic carbocycles. The third-order valence-electron chi connectivity index (χ3n) is 4.20. The molecule has 0 aromatic heterocycles. The van der Waals surface area contributed by atoms with Gasteiger partial charge in [-0.2, -0.15) is 0 Å². The normalized spacial score (nSPS) is 17.4. The third-order valence-corrected chi connectivity index (χ3v) is 4.69. The zero-order valence-electron chi connectivity index (χ0n) is 14.3. The topological polar surface area (TPSA) is 38.8 Å². The van der Waals surface area contributed by atoms with E-state index >= 15 is 0 Å². The second kappa shape index (κ2) is 8.50. The number of amides is 1. The van der Waals surface area contributed by atoms with Gasteiger partial charge in [0, 0.05) is 23.1 Å². The van der Waals surface area contributed by atoms with Crippen molar-refractivity contribution in [2.45, 2.75) is 26.1 Å². The maximum Gasteiger partial charge on any atom is 0.227 e. The molecule has 1 aliphatic rings. The van der Waals surface area contributed by atoms with Crippen molar-refractivity contribution in [1.82, 2.24) is 4.90 Å². The van der Waals surface area contributed by atoms with E-state index in [0.717, 1.165) is 21.3 Å². The monoisotopic (exact) mass is 403 g/mol. The Morgan fingerprint density at radius 3 is 2.84 bits per heavy atom. The van der Waals surface area contributed by atoms with Crippen LogP contribution in [0, 0.1) is 0 Å². The Kier molecular flexibility index (Phi) is 6.10. The molecule has 0 spiro atoms. The lowest BCUT2D eigenvalue weighted by molar-refractivity contribution is -0.137. The van der Waals surface area contributed by atoms with E-state index in [-0.39, 0.29) is 12.0 Å². The van der Waals surface area contributed by atoms with Gasteiger partial charge in [0.1, 0.15) is 12.4 Å². The molecule has 1 atom stereocenters. The summed E-state index contributed by atoms with van der Waals surface area (Å²) in [5.74, 6) is 0.861. The Morgan fingerprint density at radius 2 is 2.08 bits per heavy atom. The first-order chi connectivity index (χ1) is 12.1. The zero-order chi connectivity index (χ0) is 17.6. The number of carbonyl (C=O) groups excluding carboxylic acids is 1. The second-order valence-electron chi connectivity index (χ2n) is 6.22. The summed E-state index contributed by atoms with van der Waals surface area (Å²) in [4.78, 5) is 14.5. The van der Waals surface area contributed by atoms with Crippen molar-refractivity contribution in [3.8, 4) is 5.75 Å². The molecule has 2 aromatic carbocycles. The fourth-order valence-corrected chi connectivity index (χ4v) is 3.29. The Hall–Kier alpha value is -1.85. The van der Waals surface area contributed by atoms with Crippen LogP contribution >= 0.6 is 15.9 Å². The number of halogens is 1. The molecule has 1 heterocycles. The SMILES string of the molecule is CC1CN(C(=O)Cc2cc(Br)ccc2OCc2ccccc2)CCO1. The highest BCUT2D eigenvalue weighted by molar-refractivity contribution is 9.10. The Bertz CT molecular complexity index is 720. The number of morpholine rings is 1. The zero-order valence-corrected chi connectivity index (χ0v) is 15.9. The molecule has 5 heteroatoms. The van der Waals surface area contributed by atoms with Gasteiger partial charge in [0.25, 0.3) is 0 Å². The van der Waals surface area contributed by atoms with Crippen molar-refractivity contribution in [2.75, 3.05) is 19.7 Å². The quantitative estimate of drug-likeness (QED) is 0.761. The van der Waals surface area contributed by atoms with Crippen molar-refractivity contribution in [2.24, 2.45) is 0 Å². The van der Waals surface area contributed by atoms with Gasteiger partial charge >= 0.3 is 0 Å². The summed E-state index contributed by atoms with van der Waals surface area (Å²) in [6.07, 6.45) is 0.421. The second-order valence-corrected chi connectivity index (χ2v) is 7.14. The molecule has 1 aliphatic heterocycles. The summed E-state index contributed by atoms with van der Waals surface area (Å²) in [5, 5.41) is 0. The summed E-state index contributed by atoms with van der Waals surface area (Å²) in [6, 6.07) is 15.8. The number of benzene rings is 2. The summed E-state index contributed by atoms with van der Waals surface area (Å²) in [6.45, 7) is 4.37. The van der Waals surface area contributed by atoms with Crippen LogP contribution in [0.25, 0.3) is 0 Å². The molecule has 4 nitrogen and oxygen atoms in total. The molecule has 1 unspecified atom stereocenters. The number of nitrogens with zero attached hydrogens (tertiary/aromatic N) is 1. The number of ether oxygens (including phenoxy) is 2. The smallest absolute Gasteiger partial charge is 0.227 e. The van der Waals surface area contributed by atoms with Gasteiger partial charge in [-0.1, -0.05) is 46.3 Å². The highest BCUT2D eigenvalue weighted by Crippen LogP contribution is 2.25. The minimum atomic E-state index is 0.0917. The molecule has 0 radical (unpaired) electrons. The first kappa shape index (κ1) is 18.0. The maximum atomic E-state index is 12.7. The molecule has 0 saturated carbocycles. The van der Waals surface area contributed by atoms with Gasteiger partial charge in [0.2, 0.25) is 5.91 Å². The van der Waals surface area contributed by atoms with Gasteiger partial charge in [-0.05, 0) is 30.7 Å². The van der Waals surface area contributed by atoms with Crippen LogP contribution in [0.2, 0.25) is 0 Å². The van der Waals surface area contributed by atoms with Crippen LogP contribution in [0.15, 0.2) is 53.0 Å². The van der Waals surface area contributed by atoms with Crippen LogP contribution in [0.4, 0.5) is 0 Å². The number of hydrogen-bond donors (Lipinski definition) is 0. The minimum Gasteiger partial charge on any atom is -0.489 e. The van der Waals surface area contributed by atoms with Gasteiger partial charge in [-0.15, -0.1) is 0 Å². The molecule has 3 rings (SSSR count). The molecule has 0 N–H and O–H groups in total. The predicted molar refractivity (Wildman–Crippen MR) is 101 cm³/mol. The van der Waals surface area contributed by atoms with Gasteiger partial charge in [0.15, 0.2) is 0 Å². The Balaban J connectivity index is 1.69. The first-order valence-electron chi connectivity index (χ1n) is 8.46. The van der Waals surface area contributed by atoms with Crippen LogP contribution in [0.3, 0.4) is 0 Å². The average Bonchev–Trinajstić information content (AvgIpc) is 2.62. The molecule has 1 amide bonds. The summed E-state index contributed by atoms with van der Waals surface area (Å²) >= 11 is 3.49. The fourth-order valence-electron chi connectivity index (χ4n) is 2.88. The molecule has 25 heavy (non-hydrogen) atoms. The Labute approximate surface area is 156 Å². The van der Waals surface area contributed by atoms with E-state index in [1.165, 1.54) is 0 Å². The average molecular weight is 404 g/mol. The van der Waals surface area contributed by atoms with E-state index in [2.05, 4.69) is 15.9 Å². The summed E-state index contributed by atoms with van der Waals surface area (Å²) in [7, 11) is 0. The van der Waals surface area contributed by atoms with E-state index in [4.69, 9.17) is 9.47 Å². The first-order valence-corrected chi connectivity index (χ1v) is 9.25. The molecule has 1 saturated heterocycles. The minimum absolute atomic E-state index is 0.0917. The van der Waals surface area contributed by atoms with Gasteiger partial charge in [0.05, 0.1) is 19.1 Å². The lowest BCUT2D eigenvalue weighted by Crippen LogP contribution is -2.45. The molecule has 0 bridgehead atoms. The van der Waals surface area contributed by atoms with E-state index in [9.17, 15) is 4.79 Å². The van der Waals surface area contributed by atoms with Crippen LogP contribution in [0.5, 0.6) is 5.75 Å². The van der Waals surface area contributed by atoms with E-state index in [0.29, 0.717) is 32.7 Å². The van der Waals surface area contributed by atoms with Crippen molar-refractivity contribution in [3.05, 3.63) is 64.1 Å². The van der Waals surface area contributed by atoms with Gasteiger partial charge < -0.3 is 14.4 Å². The third kappa shape index (κ3) is 5.06. The number of hydrogen-bond acceptors (Lipinski definition) is 3. The van der Waals surface area contributed by atoms with Crippen molar-refractivity contribution in [3.63, 3.8) is 0 Å². The van der Waals surface area contributed by atoms with Crippen LogP contribution < -0.4 is 4.74 Å². The molecular formula is C20H22BrNO3. The molecule has 132 valence electrons. The number of rotatable bonds is 5. The van der Waals surface area contributed by atoms with Crippen LogP contribution in [0.1, 0.15) is 18.1 Å². The van der Waals surface area contributed by atoms with Crippen LogP contribution in [-0.2, 0) is 22.6 Å². The highest BCUT2D eigenvalue weighted by Gasteiger charge is 2.22. The summed E-state index contributed by atoms with van der Waals surface area (Å²) in [5.41, 5.74) is 2.00. The molecular weight excluding hydrogens is 382 g/mol. The van der Waals surface area contributed by atoms with Crippen molar-refractivity contribution in [1.29, 1.82) is 0 Å². The van der Waals surface area contributed by atoms with E-state index in [1.54, 1.807) is 0 Å². The van der Waals surface area contributed by atoms with Crippen molar-refractivity contribution < 1.29 is 14.3 Å². The van der Waals surface area contributed by atoms with Crippen LogP contribution in [-0.4, -0.2) is 36.6 Å². The highest BCUT2D eigenvalue weighted by atomic mass is 79.9. The standard InChI is InChI=1S/C20H22BrNO3/c1-15-13-22(9-10-24-15)20(23)12-17-11-18(21)7-8-19(17)25-14-16-5-3-2-4-6-16/h2-8,11,15H,9-10,12-14H2,1H3. The number of carbonyl (C=O) groups is 1. The predicted octanol–water partition coefficient (Wildman–Crippen LogP) is 3.82.